The van der Waals surface area contributed by atoms with Crippen LogP contribution in [0.4, 0.5) is 46.8 Å². The highest BCUT2D eigenvalue weighted by atomic mass is 32.2. The molecule has 5 fully saturated rings. The van der Waals surface area contributed by atoms with Crippen LogP contribution in [0.3, 0.4) is 0 Å². The minimum Gasteiger partial charge on any atom is -0.382 e. The molecule has 3 saturated carbocycles. The number of carbonyl (C=O) groups is 1. The third kappa shape index (κ3) is 18.7. The van der Waals surface area contributed by atoms with Gasteiger partial charge in [0.25, 0.3) is 0 Å². The molecule has 36 heteroatoms. The van der Waals surface area contributed by atoms with E-state index in [2.05, 4.69) is 68.7 Å². The molecule has 105 heavy (non-hydrogen) atoms. The number of ketones is 1. The van der Waals surface area contributed by atoms with E-state index in [-0.39, 0.29) is 36.0 Å². The van der Waals surface area contributed by atoms with E-state index in [9.17, 15) is 41.5 Å². The molecule has 5 unspecified atom stereocenters. The van der Waals surface area contributed by atoms with Crippen LogP contribution in [0.1, 0.15) is 130 Å². The van der Waals surface area contributed by atoms with E-state index in [1.54, 1.807) is 57.5 Å². The number of carbonyl (C=O) groups excluding carboxylic acids is 1. The molecule has 6 aromatic heterocycles. The maximum atomic E-state index is 13.2. The summed E-state index contributed by atoms with van der Waals surface area (Å²) < 4.78 is 106. The summed E-state index contributed by atoms with van der Waals surface area (Å²) in [4.78, 5) is 84.8. The van der Waals surface area contributed by atoms with Gasteiger partial charge in [-0.3, -0.25) is 23.1 Å². The first-order chi connectivity index (χ1) is 50.0. The molecular weight excluding hydrogens is 1400 g/mol. The summed E-state index contributed by atoms with van der Waals surface area (Å²) in [6, 6.07) is 0. The number of aromatic nitrogens is 12. The number of hydrogen-bond acceptors (Lipinski definition) is 27. The van der Waals surface area contributed by atoms with Gasteiger partial charge in [0.1, 0.15) is 34.9 Å². The molecule has 0 spiro atoms. The van der Waals surface area contributed by atoms with Gasteiger partial charge in [0.2, 0.25) is 5.95 Å². The number of hydrogen-bond donors (Lipinski definition) is 5. The second-order valence-electron chi connectivity index (χ2n) is 27.4. The number of ether oxygens (including phenoxy) is 9. The molecule has 10 heterocycles. The fourth-order valence-electron chi connectivity index (χ4n) is 14.9. The van der Waals surface area contributed by atoms with Crippen LogP contribution in [0.25, 0.3) is 11.2 Å². The molecule has 2 saturated heterocycles. The molecule has 0 aromatic carbocycles. The Balaban J connectivity index is 0.000000147. The largest absolute Gasteiger partial charge is 0.382 e. The van der Waals surface area contributed by atoms with Gasteiger partial charge in [0, 0.05) is 53.3 Å². The van der Waals surface area contributed by atoms with Crippen molar-refractivity contribution in [3.05, 3.63) is 132 Å². The second kappa shape index (κ2) is 35.4. The van der Waals surface area contributed by atoms with Gasteiger partial charge >= 0.3 is 22.8 Å². The van der Waals surface area contributed by atoms with E-state index < -0.39 is 101 Å². The molecule has 0 radical (unpaired) electrons. The first-order valence-electron chi connectivity index (χ1n) is 34.5. The van der Waals surface area contributed by atoms with Gasteiger partial charge < -0.3 is 75.9 Å². The maximum absolute atomic E-state index is 13.2. The average molecular weight is 1490 g/mol. The number of fused-ring (bicyclic) bond motifs is 6. The number of allylic oxidation sites excluding steroid dienone is 2. The van der Waals surface area contributed by atoms with Gasteiger partial charge in [0.15, 0.2) is 77.2 Å². The van der Waals surface area contributed by atoms with Crippen molar-refractivity contribution in [1.29, 1.82) is 0 Å². The van der Waals surface area contributed by atoms with Crippen molar-refractivity contribution in [3.63, 3.8) is 0 Å². The van der Waals surface area contributed by atoms with Crippen molar-refractivity contribution >= 4 is 57.9 Å². The highest BCUT2D eigenvalue weighted by Crippen LogP contribution is 2.65. The number of imidazole rings is 1. The molecule has 16 atom stereocenters. The zero-order chi connectivity index (χ0) is 76.4. The van der Waals surface area contributed by atoms with Crippen LogP contribution < -0.4 is 51.4 Å². The van der Waals surface area contributed by atoms with E-state index in [0.717, 1.165) is 96.3 Å². The average Bonchev–Trinajstić information content (AvgIpc) is 1.24. The number of thioether (sulfide) groups is 1. The molecular formula is C69H95F4N17O14S. The monoisotopic (exact) mass is 1490 g/mol. The summed E-state index contributed by atoms with van der Waals surface area (Å²) in [7, 11) is 7.77. The van der Waals surface area contributed by atoms with Gasteiger partial charge in [-0.1, -0.05) is 45.4 Å². The Hall–Kier alpha value is -8.33. The smallest absolute Gasteiger partial charge is 0.352 e. The second-order valence-corrected chi connectivity index (χ2v) is 28.2. The number of nitrogens with zero attached hydrogens (tertiary/aromatic N) is 12. The molecule has 0 amide bonds. The van der Waals surface area contributed by atoms with Crippen molar-refractivity contribution in [2.75, 3.05) is 83.7 Å². The Morgan fingerprint density at radius 2 is 1.16 bits per heavy atom. The van der Waals surface area contributed by atoms with E-state index >= 15 is 0 Å². The summed E-state index contributed by atoms with van der Waals surface area (Å²) in [5, 5.41) is 0.802. The third-order valence-corrected chi connectivity index (χ3v) is 21.2. The Morgan fingerprint density at radius 1 is 0.619 bits per heavy atom. The Morgan fingerprint density at radius 3 is 1.70 bits per heavy atom. The normalized spacial score (nSPS) is 28.6. The number of anilines is 5. The minimum absolute atomic E-state index is 0.00421. The Bertz CT molecular complexity index is 4370. The molecule has 4 aliphatic heterocycles. The summed E-state index contributed by atoms with van der Waals surface area (Å²) >= 11 is 1.51. The summed E-state index contributed by atoms with van der Waals surface area (Å²) in [6.07, 6.45) is 24.9. The number of nitrogen functional groups attached to an aromatic ring is 5. The van der Waals surface area contributed by atoms with Crippen LogP contribution in [-0.4, -0.2) is 149 Å². The first kappa shape index (κ1) is 80.8. The standard InChI is InChI=1S/C21H32O.C10H14FN3O3.C10H12FN3O3.C10H15N5OS.C9H12FN3O3.C9H10FN3O3/c1-13-7-9-20(3)15(11-13)5-6-16-17(20)8-10-21(4)18(16)12-14(2)19(21)22;2*1-16-5-6-2-3-8(17-6)14-4-7(11)9(12)13-10(14)15;1-6(16-2)4-15-5-12-7-8(15)13-10(11)14-9(7)17-3;2*1-15-7-3-2-6(16-7)13-4-5(10)8(11)12-9(13)14/h5,13-14,16-18H,6-12H2,1-4H3;4,6,8H,2-3,5H2,1H3,(H2,12,13,15);2-4,6,8H,5H2,1H3,(H2,12,13,15);5-6H,4H2,1-3H3,(H2,11,13,14);4,6-7H,2-3H2,1H3,(H2,11,12,14);2-4,6-7H,1H3,(H2,11,12,14)/t13-,14?,16?,17?,18?,20-,21-;2*6-,8+;;2*6-,7+/m011.00/s1. The summed E-state index contributed by atoms with van der Waals surface area (Å²) in [6.45, 7) is 13.0. The first-order valence-corrected chi connectivity index (χ1v) is 35.7. The summed E-state index contributed by atoms with van der Waals surface area (Å²) in [5.41, 5.74) is 27.6. The van der Waals surface area contributed by atoms with Crippen LogP contribution in [0.5, 0.6) is 0 Å². The Labute approximate surface area is 607 Å². The molecule has 14 rings (SSSR count). The number of Topliss-reactive ketones (excluding diaryl/α,β-unsaturated/α-hetero) is 1. The molecule has 10 N–H and O–H groups in total. The van der Waals surface area contributed by atoms with Gasteiger partial charge in [0.05, 0.1) is 63.1 Å². The van der Waals surface area contributed by atoms with E-state index in [1.165, 1.54) is 58.1 Å². The van der Waals surface area contributed by atoms with Crippen molar-refractivity contribution in [2.45, 2.75) is 173 Å². The molecule has 574 valence electrons. The maximum Gasteiger partial charge on any atom is 0.352 e. The van der Waals surface area contributed by atoms with Crippen LogP contribution in [0, 0.1) is 63.7 Å². The third-order valence-electron chi connectivity index (χ3n) is 20.5. The number of halogens is 4. The number of nitrogens with two attached hydrogens (primary N) is 5. The van der Waals surface area contributed by atoms with E-state index in [1.807, 2.05) is 17.7 Å². The number of rotatable bonds is 14. The van der Waals surface area contributed by atoms with Crippen LogP contribution in [0.2, 0.25) is 0 Å². The SMILES string of the molecule is CC1CC2C3CC=C4C[C@@H](C)CC[C@]4(C)C3CC[C@]2(C)C1=O.COC(C)Cn1cnc2c(SC)nc(N)nc21.COC[C@H]1C=C[C@@H](n2cc(F)c(N)nc2=O)O1.COC[C@H]1CC[C@@H](n2cc(F)c(N)nc2=O)O1.CO[C@H]1C=C[C@@H](n2cc(F)c(N)nc2=O)O1.CO[C@H]1CC[C@@H](n2cc(F)c(N)nc2=O)O1. The van der Waals surface area contributed by atoms with Crippen molar-refractivity contribution in [3.8, 4) is 0 Å². The van der Waals surface area contributed by atoms with Crippen LogP contribution in [-0.2, 0) is 54.0 Å². The lowest BCUT2D eigenvalue weighted by Gasteiger charge is -2.57. The molecule has 4 aliphatic carbocycles. The Kier molecular flexibility index (Phi) is 27.2. The van der Waals surface area contributed by atoms with Gasteiger partial charge in [-0.2, -0.15) is 24.9 Å². The zero-order valence-corrected chi connectivity index (χ0v) is 61.5. The number of methoxy groups -OCH3 is 5. The van der Waals surface area contributed by atoms with E-state index in [0.29, 0.717) is 62.1 Å². The highest BCUT2D eigenvalue weighted by Gasteiger charge is 2.60. The summed E-state index contributed by atoms with van der Waals surface area (Å²) in [5.74, 6) is -0.304. The van der Waals surface area contributed by atoms with Crippen LogP contribution in [0.15, 0.2) is 91.3 Å². The molecule has 31 nitrogen and oxygen atoms in total. The topological polar surface area (TPSA) is 413 Å². The molecule has 6 aromatic rings. The van der Waals surface area contributed by atoms with Crippen molar-refractivity contribution in [2.24, 2.45) is 40.4 Å². The predicted octanol–water partition coefficient (Wildman–Crippen LogP) is 7.19. The van der Waals surface area contributed by atoms with E-state index in [4.69, 9.17) is 71.3 Å². The fourth-order valence-corrected chi connectivity index (χ4v) is 15.4. The lowest BCUT2D eigenvalue weighted by Crippen LogP contribution is -2.50. The minimum atomic E-state index is -0.766. The van der Waals surface area contributed by atoms with Gasteiger partial charge in [-0.05, 0) is 125 Å². The fraction of sp³-hybridized carbons (Fsp3) is 0.594. The molecule has 0 bridgehead atoms. The zero-order valence-electron chi connectivity index (χ0n) is 60.6. The van der Waals surface area contributed by atoms with Gasteiger partial charge in [-0.15, -0.1) is 11.8 Å². The van der Waals surface area contributed by atoms with Crippen molar-refractivity contribution in [1.82, 2.24) is 57.7 Å². The van der Waals surface area contributed by atoms with Crippen molar-refractivity contribution < 1.29 is 65.0 Å². The lowest BCUT2D eigenvalue weighted by molar-refractivity contribution is -0.134. The van der Waals surface area contributed by atoms with Gasteiger partial charge in [-0.25, -0.2) is 46.7 Å². The highest BCUT2D eigenvalue weighted by molar-refractivity contribution is 7.98. The molecule has 8 aliphatic rings. The predicted molar refractivity (Wildman–Crippen MR) is 380 cm³/mol. The quantitative estimate of drug-likeness (QED) is 0.0312. The van der Waals surface area contributed by atoms with Crippen LogP contribution >= 0.6 is 11.8 Å². The lowest BCUT2D eigenvalue weighted by atomic mass is 9.47.